The van der Waals surface area contributed by atoms with E-state index in [1.165, 1.54) is 6.20 Å². The van der Waals surface area contributed by atoms with Gasteiger partial charge in [0.25, 0.3) is 5.91 Å². The summed E-state index contributed by atoms with van der Waals surface area (Å²) >= 11 is 9.20. The van der Waals surface area contributed by atoms with Crippen LogP contribution in [0.5, 0.6) is 0 Å². The molecule has 0 radical (unpaired) electrons. The number of nitrogens with zero attached hydrogens (tertiary/aromatic N) is 1. The number of carbonyl (C=O) groups excluding carboxylic acids is 1. The van der Waals surface area contributed by atoms with Crippen molar-refractivity contribution in [2.45, 2.75) is 6.92 Å². The number of carbonyl (C=O) groups is 1. The van der Waals surface area contributed by atoms with E-state index < -0.39 is 0 Å². The first-order chi connectivity index (χ1) is 9.51. The standard InChI is InChI=1S/C13H12BrClN4O/c1-7-4-12(19-16)9(6-17-7)13(20)18-11-3-2-8(15)5-10(11)14/h2-6H,16H2,1H3,(H,17,19)(H,18,20). The zero-order chi connectivity index (χ0) is 14.7. The minimum absolute atomic E-state index is 0.312. The van der Waals surface area contributed by atoms with Crippen LogP contribution in [0.15, 0.2) is 34.9 Å². The summed E-state index contributed by atoms with van der Waals surface area (Å²) < 4.78 is 0.695. The molecule has 0 aliphatic rings. The highest BCUT2D eigenvalue weighted by Gasteiger charge is 2.13. The smallest absolute Gasteiger partial charge is 0.259 e. The Labute approximate surface area is 129 Å². The number of aryl methyl sites for hydroxylation is 1. The SMILES string of the molecule is Cc1cc(NN)c(C(=O)Nc2ccc(Cl)cc2Br)cn1. The van der Waals surface area contributed by atoms with Crippen LogP contribution in [0.3, 0.4) is 0 Å². The molecule has 0 unspecified atom stereocenters. The first kappa shape index (κ1) is 14.8. The second kappa shape index (κ2) is 6.21. The van der Waals surface area contributed by atoms with Crippen molar-refractivity contribution in [2.24, 2.45) is 5.84 Å². The number of pyridine rings is 1. The third-order valence-electron chi connectivity index (χ3n) is 2.62. The molecule has 1 heterocycles. The van der Waals surface area contributed by atoms with Gasteiger partial charge in [-0.05, 0) is 47.1 Å². The fraction of sp³-hybridized carbons (Fsp3) is 0.0769. The van der Waals surface area contributed by atoms with Crippen LogP contribution in [-0.2, 0) is 0 Å². The van der Waals surface area contributed by atoms with Gasteiger partial charge in [0, 0.05) is 21.4 Å². The molecule has 2 aromatic rings. The zero-order valence-electron chi connectivity index (χ0n) is 10.6. The number of nitrogen functional groups attached to an aromatic ring is 1. The number of benzene rings is 1. The van der Waals surface area contributed by atoms with Gasteiger partial charge in [-0.15, -0.1) is 0 Å². The third-order valence-corrected chi connectivity index (χ3v) is 3.51. The molecule has 2 rings (SSSR count). The van der Waals surface area contributed by atoms with E-state index in [4.69, 9.17) is 17.4 Å². The second-order valence-corrected chi connectivity index (χ2v) is 5.38. The molecule has 1 aromatic heterocycles. The summed E-state index contributed by atoms with van der Waals surface area (Å²) in [6, 6.07) is 6.80. The predicted octanol–water partition coefficient (Wildman–Crippen LogP) is 3.34. The Hall–Kier alpha value is -1.63. The number of nitrogens with two attached hydrogens (primary N) is 1. The molecule has 104 valence electrons. The van der Waals surface area contributed by atoms with Crippen LogP contribution < -0.4 is 16.6 Å². The van der Waals surface area contributed by atoms with Crippen molar-refractivity contribution in [1.82, 2.24) is 4.98 Å². The summed E-state index contributed by atoms with van der Waals surface area (Å²) in [6.45, 7) is 1.82. The molecule has 1 amide bonds. The third kappa shape index (κ3) is 3.27. The lowest BCUT2D eigenvalue weighted by molar-refractivity contribution is 0.102. The van der Waals surface area contributed by atoms with Gasteiger partial charge in [-0.1, -0.05) is 11.6 Å². The highest BCUT2D eigenvalue weighted by atomic mass is 79.9. The molecular formula is C13H12BrClN4O. The van der Waals surface area contributed by atoms with E-state index in [1.54, 1.807) is 24.3 Å². The molecule has 0 saturated carbocycles. The quantitative estimate of drug-likeness (QED) is 0.583. The Morgan fingerprint density at radius 1 is 1.35 bits per heavy atom. The predicted molar refractivity (Wildman–Crippen MR) is 83.9 cm³/mol. The summed E-state index contributed by atoms with van der Waals surface area (Å²) in [5.41, 5.74) is 4.75. The maximum absolute atomic E-state index is 12.2. The lowest BCUT2D eigenvalue weighted by Gasteiger charge is -2.11. The molecule has 0 aliphatic heterocycles. The fourth-order valence-corrected chi connectivity index (χ4v) is 2.42. The molecule has 0 saturated heterocycles. The normalized spacial score (nSPS) is 10.2. The summed E-state index contributed by atoms with van der Waals surface area (Å²) in [6.07, 6.45) is 1.48. The van der Waals surface area contributed by atoms with Crippen LogP contribution >= 0.6 is 27.5 Å². The van der Waals surface area contributed by atoms with Crippen molar-refractivity contribution in [3.8, 4) is 0 Å². The van der Waals surface area contributed by atoms with Crippen LogP contribution in [0.25, 0.3) is 0 Å². The van der Waals surface area contributed by atoms with Gasteiger partial charge in [0.2, 0.25) is 0 Å². The number of amides is 1. The molecule has 0 atom stereocenters. The molecule has 0 fully saturated rings. The van der Waals surface area contributed by atoms with Gasteiger partial charge >= 0.3 is 0 Å². The van der Waals surface area contributed by atoms with Crippen molar-refractivity contribution in [1.29, 1.82) is 0 Å². The largest absolute Gasteiger partial charge is 0.323 e. The molecule has 4 N–H and O–H groups in total. The molecule has 20 heavy (non-hydrogen) atoms. The number of halogens is 2. The van der Waals surface area contributed by atoms with E-state index >= 15 is 0 Å². The van der Waals surface area contributed by atoms with E-state index in [9.17, 15) is 4.79 Å². The van der Waals surface area contributed by atoms with Gasteiger partial charge < -0.3 is 10.7 Å². The Balaban J connectivity index is 2.28. The van der Waals surface area contributed by atoms with Gasteiger partial charge in [0.15, 0.2) is 0 Å². The van der Waals surface area contributed by atoms with E-state index in [0.717, 1.165) is 5.69 Å². The van der Waals surface area contributed by atoms with Crippen LogP contribution in [0, 0.1) is 6.92 Å². The van der Waals surface area contributed by atoms with Gasteiger partial charge in [0.1, 0.15) is 0 Å². The lowest BCUT2D eigenvalue weighted by Crippen LogP contribution is -2.18. The number of hydrogen-bond donors (Lipinski definition) is 3. The minimum Gasteiger partial charge on any atom is -0.323 e. The van der Waals surface area contributed by atoms with Crippen molar-refractivity contribution in [2.75, 3.05) is 10.7 Å². The average molecular weight is 356 g/mol. The molecule has 0 bridgehead atoms. The van der Waals surface area contributed by atoms with Crippen molar-refractivity contribution >= 4 is 44.8 Å². The van der Waals surface area contributed by atoms with Crippen LogP contribution in [0.1, 0.15) is 16.1 Å². The van der Waals surface area contributed by atoms with Crippen LogP contribution in [-0.4, -0.2) is 10.9 Å². The number of anilines is 2. The first-order valence-electron chi connectivity index (χ1n) is 5.71. The summed E-state index contributed by atoms with van der Waals surface area (Å²) in [5, 5.41) is 3.35. The Morgan fingerprint density at radius 3 is 2.75 bits per heavy atom. The molecule has 0 spiro atoms. The maximum atomic E-state index is 12.2. The van der Waals surface area contributed by atoms with Crippen molar-refractivity contribution in [3.63, 3.8) is 0 Å². The minimum atomic E-state index is -0.312. The van der Waals surface area contributed by atoms with E-state index in [2.05, 4.69) is 31.7 Å². The molecule has 0 aliphatic carbocycles. The number of hydrazine groups is 1. The van der Waals surface area contributed by atoms with E-state index in [-0.39, 0.29) is 5.91 Å². The number of nitrogens with one attached hydrogen (secondary N) is 2. The molecular weight excluding hydrogens is 344 g/mol. The van der Waals surface area contributed by atoms with Gasteiger partial charge in [0.05, 0.1) is 16.9 Å². The monoisotopic (exact) mass is 354 g/mol. The van der Waals surface area contributed by atoms with E-state index in [0.29, 0.717) is 26.4 Å². The highest BCUT2D eigenvalue weighted by Crippen LogP contribution is 2.27. The first-order valence-corrected chi connectivity index (χ1v) is 6.88. The fourth-order valence-electron chi connectivity index (χ4n) is 1.64. The molecule has 7 heteroatoms. The number of rotatable bonds is 3. The van der Waals surface area contributed by atoms with E-state index in [1.807, 2.05) is 6.92 Å². The zero-order valence-corrected chi connectivity index (χ0v) is 12.9. The second-order valence-electron chi connectivity index (χ2n) is 4.09. The lowest BCUT2D eigenvalue weighted by atomic mass is 10.2. The number of hydrogen-bond acceptors (Lipinski definition) is 4. The Kier molecular flexibility index (Phi) is 4.59. The number of aromatic nitrogens is 1. The maximum Gasteiger partial charge on any atom is 0.259 e. The summed E-state index contributed by atoms with van der Waals surface area (Å²) in [5.74, 6) is 5.10. The van der Waals surface area contributed by atoms with Gasteiger partial charge in [-0.2, -0.15) is 0 Å². The van der Waals surface area contributed by atoms with Gasteiger partial charge in [-0.25, -0.2) is 0 Å². The van der Waals surface area contributed by atoms with Crippen LogP contribution in [0.4, 0.5) is 11.4 Å². The summed E-state index contributed by atoms with van der Waals surface area (Å²) in [4.78, 5) is 16.3. The average Bonchev–Trinajstić information content (AvgIpc) is 2.41. The summed E-state index contributed by atoms with van der Waals surface area (Å²) in [7, 11) is 0. The Morgan fingerprint density at radius 2 is 2.10 bits per heavy atom. The van der Waals surface area contributed by atoms with Gasteiger partial charge in [-0.3, -0.25) is 15.6 Å². The van der Waals surface area contributed by atoms with Crippen molar-refractivity contribution < 1.29 is 4.79 Å². The highest BCUT2D eigenvalue weighted by molar-refractivity contribution is 9.10. The topological polar surface area (TPSA) is 80.0 Å². The molecule has 5 nitrogen and oxygen atoms in total. The molecule has 1 aromatic carbocycles. The van der Waals surface area contributed by atoms with Crippen molar-refractivity contribution in [3.05, 3.63) is 51.2 Å². The Bertz CT molecular complexity index is 663. The van der Waals surface area contributed by atoms with Crippen LogP contribution in [0.2, 0.25) is 5.02 Å².